The van der Waals surface area contributed by atoms with Gasteiger partial charge in [0.15, 0.2) is 5.78 Å². The van der Waals surface area contributed by atoms with Gasteiger partial charge in [0.05, 0.1) is 5.54 Å². The number of nitrogens with zero attached hydrogens (tertiary/aromatic N) is 1. The van der Waals surface area contributed by atoms with Gasteiger partial charge in [0.2, 0.25) is 0 Å². The molecule has 2 aromatic carbocycles. The van der Waals surface area contributed by atoms with Gasteiger partial charge in [0.25, 0.3) is 0 Å². The van der Waals surface area contributed by atoms with E-state index in [0.717, 1.165) is 18.4 Å². The predicted octanol–water partition coefficient (Wildman–Crippen LogP) is 4.54. The van der Waals surface area contributed by atoms with E-state index in [0.29, 0.717) is 0 Å². The molecule has 0 amide bonds. The first-order valence-electron chi connectivity index (χ1n) is 7.93. The lowest BCUT2D eigenvalue weighted by molar-refractivity contribution is 0.0666. The molecule has 0 bridgehead atoms. The van der Waals surface area contributed by atoms with Crippen LogP contribution in [0, 0.1) is 0 Å². The van der Waals surface area contributed by atoms with Crippen LogP contribution in [0.25, 0.3) is 0 Å². The second-order valence-corrected chi connectivity index (χ2v) is 6.88. The van der Waals surface area contributed by atoms with Gasteiger partial charge < -0.3 is 0 Å². The van der Waals surface area contributed by atoms with Gasteiger partial charge in [-0.2, -0.15) is 0 Å². The van der Waals surface area contributed by atoms with Gasteiger partial charge in [-0.25, -0.2) is 0 Å². The Hall–Kier alpha value is -1.58. The van der Waals surface area contributed by atoms with Crippen LogP contribution in [-0.2, 0) is 6.42 Å². The van der Waals surface area contributed by atoms with E-state index in [1.807, 2.05) is 62.8 Å². The second kappa shape index (κ2) is 7.80. The van der Waals surface area contributed by atoms with Crippen molar-refractivity contribution in [3.8, 4) is 0 Å². The second-order valence-electron chi connectivity index (χ2n) is 6.00. The van der Waals surface area contributed by atoms with Crippen molar-refractivity contribution in [1.82, 2.24) is 4.90 Å². The van der Waals surface area contributed by atoms with Crippen LogP contribution in [0.15, 0.2) is 59.5 Å². The molecular weight excluding hydrogens is 302 g/mol. The molecule has 2 nitrogen and oxygen atoms in total. The summed E-state index contributed by atoms with van der Waals surface area (Å²) in [6, 6.07) is 18.2. The highest BCUT2D eigenvalue weighted by Crippen LogP contribution is 2.28. The predicted molar refractivity (Wildman–Crippen MR) is 99.4 cm³/mol. The lowest BCUT2D eigenvalue weighted by Crippen LogP contribution is -2.52. The van der Waals surface area contributed by atoms with Gasteiger partial charge in [-0.3, -0.25) is 9.69 Å². The molecule has 3 heteroatoms. The molecule has 0 N–H and O–H groups in total. The summed E-state index contributed by atoms with van der Waals surface area (Å²) in [4.78, 5) is 16.5. The maximum absolute atomic E-state index is 13.3. The lowest BCUT2D eigenvalue weighted by atomic mass is 9.80. The number of ketones is 1. The Bertz CT molecular complexity index is 636. The first kappa shape index (κ1) is 17.8. The molecule has 0 radical (unpaired) electrons. The number of likely N-dealkylation sites (N-methyl/N-ethyl adjacent to an activating group) is 1. The zero-order valence-corrected chi connectivity index (χ0v) is 15.2. The third-order valence-corrected chi connectivity index (χ3v) is 5.30. The lowest BCUT2D eigenvalue weighted by Gasteiger charge is -2.38. The number of carbonyl (C=O) groups excluding carboxylic acids is 1. The van der Waals surface area contributed by atoms with Gasteiger partial charge in [0.1, 0.15) is 0 Å². The van der Waals surface area contributed by atoms with Gasteiger partial charge in [-0.05, 0) is 50.9 Å². The van der Waals surface area contributed by atoms with Crippen molar-refractivity contribution in [2.45, 2.75) is 30.2 Å². The molecule has 0 spiro atoms. The highest BCUT2D eigenvalue weighted by atomic mass is 32.2. The van der Waals surface area contributed by atoms with Crippen molar-refractivity contribution < 1.29 is 4.79 Å². The van der Waals surface area contributed by atoms with E-state index in [9.17, 15) is 4.79 Å². The Morgan fingerprint density at radius 2 is 1.65 bits per heavy atom. The Labute approximate surface area is 143 Å². The summed E-state index contributed by atoms with van der Waals surface area (Å²) in [5, 5.41) is 0. The molecule has 122 valence electrons. The molecule has 1 unspecified atom stereocenters. The number of thioether (sulfide) groups is 1. The molecule has 0 fully saturated rings. The molecule has 1 atom stereocenters. The van der Waals surface area contributed by atoms with Crippen LogP contribution in [0.5, 0.6) is 0 Å². The number of hydrogen-bond acceptors (Lipinski definition) is 3. The van der Waals surface area contributed by atoms with Crippen molar-refractivity contribution in [3.05, 3.63) is 65.7 Å². The van der Waals surface area contributed by atoms with Crippen LogP contribution in [0.3, 0.4) is 0 Å². The fraction of sp³-hybridized carbons (Fsp3) is 0.350. The third kappa shape index (κ3) is 3.85. The van der Waals surface area contributed by atoms with Crippen LogP contribution in [0.2, 0.25) is 0 Å². The Balaban J connectivity index is 2.38. The first-order chi connectivity index (χ1) is 11.0. The molecule has 0 heterocycles. The van der Waals surface area contributed by atoms with Crippen molar-refractivity contribution in [1.29, 1.82) is 0 Å². The number of Topliss-reactive ketones (excluding diaryl/α,β-unsaturated/α-hetero) is 1. The first-order valence-corrected chi connectivity index (χ1v) is 9.16. The normalized spacial score (nSPS) is 13.8. The van der Waals surface area contributed by atoms with E-state index in [-0.39, 0.29) is 5.78 Å². The van der Waals surface area contributed by atoms with E-state index in [1.165, 1.54) is 10.5 Å². The van der Waals surface area contributed by atoms with E-state index < -0.39 is 5.54 Å². The fourth-order valence-corrected chi connectivity index (χ4v) is 3.40. The van der Waals surface area contributed by atoms with Gasteiger partial charge in [-0.15, -0.1) is 11.8 Å². The summed E-state index contributed by atoms with van der Waals surface area (Å²) in [5.74, 6) is 0.196. The molecule has 0 aliphatic rings. The van der Waals surface area contributed by atoms with Gasteiger partial charge in [0, 0.05) is 10.5 Å². The summed E-state index contributed by atoms with van der Waals surface area (Å²) in [5.41, 5.74) is 1.47. The molecule has 2 rings (SSSR count). The standard InChI is InChI=1S/C20H25NOS/c1-5-20(21(2)3,15-16-9-7-6-8-10-16)19(22)17-11-13-18(23-4)14-12-17/h6-14H,5,15H2,1-4H3. The largest absolute Gasteiger partial charge is 0.297 e. The SMILES string of the molecule is CCC(Cc1ccccc1)(C(=O)c1ccc(SC)cc1)N(C)C. The van der Waals surface area contributed by atoms with Crippen molar-refractivity contribution >= 4 is 17.5 Å². The average Bonchev–Trinajstić information content (AvgIpc) is 2.60. The minimum atomic E-state index is -0.512. The maximum Gasteiger partial charge on any atom is 0.183 e. The molecule has 2 aromatic rings. The minimum Gasteiger partial charge on any atom is -0.297 e. The molecule has 0 saturated carbocycles. The zero-order valence-electron chi connectivity index (χ0n) is 14.4. The topological polar surface area (TPSA) is 20.3 Å². The van der Waals surface area contributed by atoms with E-state index >= 15 is 0 Å². The maximum atomic E-state index is 13.3. The fourth-order valence-electron chi connectivity index (χ4n) is 2.99. The average molecular weight is 327 g/mol. The molecule has 23 heavy (non-hydrogen) atoms. The van der Waals surface area contributed by atoms with E-state index in [2.05, 4.69) is 24.0 Å². The van der Waals surface area contributed by atoms with E-state index in [1.54, 1.807) is 11.8 Å². The quantitative estimate of drug-likeness (QED) is 0.550. The summed E-state index contributed by atoms with van der Waals surface area (Å²) in [7, 11) is 4.00. The van der Waals surface area contributed by atoms with Crippen LogP contribution >= 0.6 is 11.8 Å². The molecule has 0 aromatic heterocycles. The Morgan fingerprint density at radius 1 is 1.04 bits per heavy atom. The molecular formula is C20H25NOS. The Kier molecular flexibility index (Phi) is 6.03. The van der Waals surface area contributed by atoms with Crippen LogP contribution in [-0.4, -0.2) is 36.6 Å². The summed E-state index contributed by atoms with van der Waals surface area (Å²) >= 11 is 1.69. The number of hydrogen-bond donors (Lipinski definition) is 0. The summed E-state index contributed by atoms with van der Waals surface area (Å²) in [6.45, 7) is 2.09. The van der Waals surface area contributed by atoms with Crippen molar-refractivity contribution in [2.24, 2.45) is 0 Å². The smallest absolute Gasteiger partial charge is 0.183 e. The Morgan fingerprint density at radius 3 is 2.13 bits per heavy atom. The summed E-state index contributed by atoms with van der Waals surface area (Å²) < 4.78 is 0. The van der Waals surface area contributed by atoms with Crippen molar-refractivity contribution in [3.63, 3.8) is 0 Å². The van der Waals surface area contributed by atoms with Crippen LogP contribution < -0.4 is 0 Å². The third-order valence-electron chi connectivity index (χ3n) is 4.56. The highest BCUT2D eigenvalue weighted by molar-refractivity contribution is 7.98. The number of carbonyl (C=O) groups is 1. The number of benzene rings is 2. The van der Waals surface area contributed by atoms with Gasteiger partial charge in [-0.1, -0.05) is 49.4 Å². The highest BCUT2D eigenvalue weighted by Gasteiger charge is 2.39. The molecule has 0 saturated heterocycles. The zero-order chi connectivity index (χ0) is 16.9. The molecule has 0 aliphatic carbocycles. The van der Waals surface area contributed by atoms with E-state index in [4.69, 9.17) is 0 Å². The monoisotopic (exact) mass is 327 g/mol. The van der Waals surface area contributed by atoms with Crippen molar-refractivity contribution in [2.75, 3.05) is 20.4 Å². The van der Waals surface area contributed by atoms with Crippen LogP contribution in [0.4, 0.5) is 0 Å². The summed E-state index contributed by atoms with van der Waals surface area (Å²) in [6.07, 6.45) is 3.54. The van der Waals surface area contributed by atoms with Gasteiger partial charge >= 0.3 is 0 Å². The van der Waals surface area contributed by atoms with Crippen LogP contribution in [0.1, 0.15) is 29.3 Å². The molecule has 0 aliphatic heterocycles. The minimum absolute atomic E-state index is 0.196. The number of rotatable bonds is 7.